The third-order valence-corrected chi connectivity index (χ3v) is 6.03. The van der Waals surface area contributed by atoms with Crippen molar-refractivity contribution >= 4 is 27.7 Å². The highest BCUT2D eigenvalue weighted by Crippen LogP contribution is 2.65. The van der Waals surface area contributed by atoms with E-state index in [2.05, 4.69) is 35.1 Å². The lowest BCUT2D eigenvalue weighted by atomic mass is 9.95. The van der Waals surface area contributed by atoms with E-state index in [1.807, 2.05) is 24.3 Å². The number of rotatable bonds is 1. The Hall–Kier alpha value is -1.36. The van der Waals surface area contributed by atoms with E-state index in [0.29, 0.717) is 11.8 Å². The van der Waals surface area contributed by atoms with E-state index in [1.165, 1.54) is 0 Å². The number of carbonyl (C=O) groups excluding carboxylic acids is 2. The van der Waals surface area contributed by atoms with Crippen molar-refractivity contribution in [3.63, 3.8) is 0 Å². The molecule has 3 aliphatic rings. The van der Waals surface area contributed by atoms with E-state index < -0.39 is 6.04 Å². The van der Waals surface area contributed by atoms with Crippen LogP contribution in [0, 0.1) is 17.3 Å². The Morgan fingerprint density at radius 3 is 2.57 bits per heavy atom. The number of carbonyl (C=O) groups is 2. The van der Waals surface area contributed by atoms with Crippen molar-refractivity contribution in [3.8, 4) is 0 Å². The third kappa shape index (κ3) is 1.73. The molecule has 0 unspecified atom stereocenters. The predicted molar refractivity (Wildman–Crippen MR) is 81.3 cm³/mol. The molecule has 2 aliphatic heterocycles. The average molecular weight is 349 g/mol. The van der Waals surface area contributed by atoms with Crippen LogP contribution >= 0.6 is 15.9 Å². The van der Waals surface area contributed by atoms with Gasteiger partial charge in [-0.15, -0.1) is 0 Å². The summed E-state index contributed by atoms with van der Waals surface area (Å²) in [6, 6.07) is 6.76. The summed E-state index contributed by atoms with van der Waals surface area (Å²) in [7, 11) is 0. The molecule has 3 fully saturated rings. The average Bonchev–Trinajstić information content (AvgIpc) is 2.83. The van der Waals surface area contributed by atoms with Crippen molar-refractivity contribution < 1.29 is 9.59 Å². The standard InChI is InChI=1S/C16H17BrN2O2/c1-16(2)10-7-19-13(11(10)16)14(20)18-12(15(19)21)8-3-5-9(17)6-4-8/h3-6,10-13H,7H2,1-2H3,(H,18,20)/t10-,11-,12+,13-/m1/s1. The first-order chi connectivity index (χ1) is 9.91. The van der Waals surface area contributed by atoms with Crippen LogP contribution in [0.5, 0.6) is 0 Å². The van der Waals surface area contributed by atoms with Crippen LogP contribution in [0.4, 0.5) is 0 Å². The number of nitrogens with one attached hydrogen (secondary N) is 1. The molecule has 1 N–H and O–H groups in total. The van der Waals surface area contributed by atoms with Crippen molar-refractivity contribution in [1.29, 1.82) is 0 Å². The molecule has 4 atom stereocenters. The van der Waals surface area contributed by atoms with Gasteiger partial charge in [0.1, 0.15) is 12.1 Å². The van der Waals surface area contributed by atoms with Gasteiger partial charge in [-0.2, -0.15) is 0 Å². The third-order valence-electron chi connectivity index (χ3n) is 5.50. The molecule has 2 saturated heterocycles. The van der Waals surface area contributed by atoms with E-state index >= 15 is 0 Å². The second-order valence-electron chi connectivity index (χ2n) is 6.88. The molecule has 0 aromatic heterocycles. The second kappa shape index (κ2) is 4.09. The lowest BCUT2D eigenvalue weighted by Crippen LogP contribution is -2.59. The van der Waals surface area contributed by atoms with E-state index in [-0.39, 0.29) is 23.3 Å². The van der Waals surface area contributed by atoms with Gasteiger partial charge in [-0.3, -0.25) is 9.59 Å². The second-order valence-corrected chi connectivity index (χ2v) is 7.80. The summed E-state index contributed by atoms with van der Waals surface area (Å²) in [6.45, 7) is 5.11. The van der Waals surface area contributed by atoms with Gasteiger partial charge in [0, 0.05) is 11.0 Å². The SMILES string of the molecule is CC1(C)[C@@H]2[C@H]1CN1C(=O)[C@H](c3ccc(Br)cc3)NC(=O)[C@@H]21. The lowest BCUT2D eigenvalue weighted by Gasteiger charge is -2.38. The topological polar surface area (TPSA) is 49.4 Å². The van der Waals surface area contributed by atoms with Gasteiger partial charge in [0.25, 0.3) is 5.91 Å². The van der Waals surface area contributed by atoms with Crippen LogP contribution in [0.3, 0.4) is 0 Å². The molecule has 2 heterocycles. The van der Waals surface area contributed by atoms with Crippen LogP contribution in [0.2, 0.25) is 0 Å². The fourth-order valence-electron chi connectivity index (χ4n) is 4.15. The summed E-state index contributed by atoms with van der Waals surface area (Å²) in [5.41, 5.74) is 1.04. The summed E-state index contributed by atoms with van der Waals surface area (Å²) in [5.74, 6) is 0.832. The molecule has 110 valence electrons. The Bertz CT molecular complexity index is 640. The zero-order valence-corrected chi connectivity index (χ0v) is 13.6. The predicted octanol–water partition coefficient (Wildman–Crippen LogP) is 2.10. The monoisotopic (exact) mass is 348 g/mol. The Morgan fingerprint density at radius 1 is 1.24 bits per heavy atom. The molecule has 0 bridgehead atoms. The summed E-state index contributed by atoms with van der Waals surface area (Å²) in [5, 5.41) is 2.92. The van der Waals surface area contributed by atoms with Gasteiger partial charge in [-0.1, -0.05) is 41.9 Å². The maximum Gasteiger partial charge on any atom is 0.250 e. The number of hydrogen-bond donors (Lipinski definition) is 1. The molecule has 4 rings (SSSR count). The number of fused-ring (bicyclic) bond motifs is 3. The maximum atomic E-state index is 12.7. The smallest absolute Gasteiger partial charge is 0.250 e. The number of hydrogen-bond acceptors (Lipinski definition) is 2. The fourth-order valence-corrected chi connectivity index (χ4v) is 4.41. The summed E-state index contributed by atoms with van der Waals surface area (Å²) < 4.78 is 0.961. The normalized spacial score (nSPS) is 36.0. The van der Waals surface area contributed by atoms with Crippen molar-refractivity contribution in [2.24, 2.45) is 17.3 Å². The molecular formula is C16H17BrN2O2. The molecule has 21 heavy (non-hydrogen) atoms. The number of piperazine rings is 1. The van der Waals surface area contributed by atoms with Crippen LogP contribution in [-0.2, 0) is 9.59 Å². The highest BCUT2D eigenvalue weighted by molar-refractivity contribution is 9.10. The summed E-state index contributed by atoms with van der Waals surface area (Å²) >= 11 is 3.38. The molecule has 1 aromatic carbocycles. The molecule has 4 nitrogen and oxygen atoms in total. The minimum absolute atomic E-state index is 0.000550. The van der Waals surface area contributed by atoms with Gasteiger partial charge >= 0.3 is 0 Å². The molecule has 2 amide bonds. The Kier molecular flexibility index (Phi) is 2.60. The van der Waals surface area contributed by atoms with Gasteiger partial charge in [-0.25, -0.2) is 0 Å². The molecule has 0 radical (unpaired) electrons. The van der Waals surface area contributed by atoms with Crippen LogP contribution in [0.25, 0.3) is 0 Å². The maximum absolute atomic E-state index is 12.7. The van der Waals surface area contributed by atoms with Crippen molar-refractivity contribution in [2.45, 2.75) is 25.9 Å². The Labute approximate surface area is 132 Å². The first-order valence-electron chi connectivity index (χ1n) is 7.27. The van der Waals surface area contributed by atoms with E-state index in [9.17, 15) is 9.59 Å². The van der Waals surface area contributed by atoms with Crippen molar-refractivity contribution in [2.75, 3.05) is 6.54 Å². The van der Waals surface area contributed by atoms with Gasteiger partial charge < -0.3 is 10.2 Å². The highest BCUT2D eigenvalue weighted by atomic mass is 79.9. The van der Waals surface area contributed by atoms with Crippen molar-refractivity contribution in [3.05, 3.63) is 34.3 Å². The van der Waals surface area contributed by atoms with Crippen molar-refractivity contribution in [1.82, 2.24) is 10.2 Å². The largest absolute Gasteiger partial charge is 0.339 e. The van der Waals surface area contributed by atoms with E-state index in [0.717, 1.165) is 16.6 Å². The van der Waals surface area contributed by atoms with Crippen LogP contribution in [0.1, 0.15) is 25.5 Å². The summed E-state index contributed by atoms with van der Waals surface area (Å²) in [4.78, 5) is 27.0. The van der Waals surface area contributed by atoms with Gasteiger partial charge in [0.15, 0.2) is 0 Å². The van der Waals surface area contributed by atoms with Gasteiger partial charge in [-0.05, 0) is 34.9 Å². The number of nitrogens with zero attached hydrogens (tertiary/aromatic N) is 1. The number of piperidine rings is 1. The first-order valence-corrected chi connectivity index (χ1v) is 8.07. The zero-order chi connectivity index (χ0) is 14.9. The first kappa shape index (κ1) is 13.3. The highest BCUT2D eigenvalue weighted by Gasteiger charge is 2.70. The number of amides is 2. The molecule has 0 spiro atoms. The number of halogens is 1. The van der Waals surface area contributed by atoms with Gasteiger partial charge in [0.2, 0.25) is 5.91 Å². The van der Waals surface area contributed by atoms with E-state index in [1.54, 1.807) is 4.90 Å². The molecule has 1 aromatic rings. The minimum atomic E-state index is -0.539. The van der Waals surface area contributed by atoms with Crippen LogP contribution in [-0.4, -0.2) is 29.3 Å². The zero-order valence-electron chi connectivity index (χ0n) is 12.0. The molecule has 5 heteroatoms. The fraction of sp³-hybridized carbons (Fsp3) is 0.500. The Balaban J connectivity index is 1.63. The number of benzene rings is 1. The van der Waals surface area contributed by atoms with Crippen LogP contribution in [0.15, 0.2) is 28.7 Å². The van der Waals surface area contributed by atoms with E-state index in [4.69, 9.17) is 0 Å². The molecular weight excluding hydrogens is 332 g/mol. The Morgan fingerprint density at radius 2 is 1.90 bits per heavy atom. The minimum Gasteiger partial charge on any atom is -0.339 e. The quantitative estimate of drug-likeness (QED) is 0.844. The molecule has 1 aliphatic carbocycles. The lowest BCUT2D eigenvalue weighted by molar-refractivity contribution is -0.149. The van der Waals surface area contributed by atoms with Crippen LogP contribution < -0.4 is 5.32 Å². The van der Waals surface area contributed by atoms with Gasteiger partial charge in [0.05, 0.1) is 0 Å². The summed E-state index contributed by atoms with van der Waals surface area (Å²) in [6.07, 6.45) is 0. The molecule has 1 saturated carbocycles.